The van der Waals surface area contributed by atoms with Gasteiger partial charge in [-0.2, -0.15) is 0 Å². The van der Waals surface area contributed by atoms with Gasteiger partial charge in [0, 0.05) is 34.5 Å². The number of aromatic nitrogens is 2. The Kier molecular flexibility index (Phi) is 2.52. The van der Waals surface area contributed by atoms with Crippen LogP contribution in [0.1, 0.15) is 23.1 Å². The van der Waals surface area contributed by atoms with Crippen LogP contribution in [-0.2, 0) is 0 Å². The Balaban J connectivity index is 2.24. The lowest BCUT2D eigenvalue weighted by molar-refractivity contribution is 0.101. The Morgan fingerprint density at radius 3 is 2.83 bits per heavy atom. The molecule has 0 bridgehead atoms. The highest BCUT2D eigenvalue weighted by molar-refractivity contribution is 7.13. The van der Waals surface area contributed by atoms with Crippen molar-refractivity contribution in [3.8, 4) is 10.6 Å². The number of rotatable bonds is 2. The molecule has 3 aromatic rings. The van der Waals surface area contributed by atoms with Crippen molar-refractivity contribution in [1.29, 1.82) is 0 Å². The van der Waals surface area contributed by atoms with Crippen LogP contribution >= 0.6 is 11.3 Å². The number of H-pyrrole nitrogens is 1. The second kappa shape index (κ2) is 4.07. The fraction of sp³-hybridized carbons (Fsp3) is 0.143. The topological polar surface area (TPSA) is 45.8 Å². The molecule has 0 aliphatic heterocycles. The number of para-hydroxylation sites is 1. The van der Waals surface area contributed by atoms with Crippen LogP contribution in [-0.4, -0.2) is 15.8 Å². The molecule has 0 unspecified atom stereocenters. The average molecular weight is 256 g/mol. The number of fused-ring (bicyclic) bond motifs is 1. The lowest BCUT2D eigenvalue weighted by atomic mass is 10.1. The number of thiazole rings is 1. The zero-order valence-corrected chi connectivity index (χ0v) is 11.0. The Hall–Kier alpha value is -1.94. The quantitative estimate of drug-likeness (QED) is 0.709. The number of Topliss-reactive ketones (excluding diaryl/α,β-unsaturated/α-hetero) is 1. The minimum Gasteiger partial charge on any atom is -0.358 e. The summed E-state index contributed by atoms with van der Waals surface area (Å²) in [4.78, 5) is 19.1. The summed E-state index contributed by atoms with van der Waals surface area (Å²) in [5.41, 5.74) is 3.83. The monoisotopic (exact) mass is 256 g/mol. The highest BCUT2D eigenvalue weighted by Gasteiger charge is 2.14. The van der Waals surface area contributed by atoms with Crippen LogP contribution in [0.3, 0.4) is 0 Å². The van der Waals surface area contributed by atoms with Crippen molar-refractivity contribution >= 4 is 28.0 Å². The first-order valence-corrected chi connectivity index (χ1v) is 6.59. The molecule has 0 aliphatic carbocycles. The van der Waals surface area contributed by atoms with E-state index in [4.69, 9.17) is 0 Å². The number of ketones is 1. The summed E-state index contributed by atoms with van der Waals surface area (Å²) in [5, 5.41) is 3.87. The van der Waals surface area contributed by atoms with Crippen molar-refractivity contribution in [2.45, 2.75) is 13.8 Å². The van der Waals surface area contributed by atoms with E-state index in [1.54, 1.807) is 6.92 Å². The first-order valence-electron chi connectivity index (χ1n) is 5.71. The van der Waals surface area contributed by atoms with Crippen LogP contribution in [0.15, 0.2) is 29.6 Å². The minimum absolute atomic E-state index is 0.00925. The first-order chi connectivity index (χ1) is 8.66. The third-order valence-corrected chi connectivity index (χ3v) is 3.83. The molecule has 1 aromatic carbocycles. The van der Waals surface area contributed by atoms with E-state index in [-0.39, 0.29) is 5.78 Å². The average Bonchev–Trinajstić information content (AvgIpc) is 2.91. The highest BCUT2D eigenvalue weighted by atomic mass is 32.1. The minimum atomic E-state index is 0.00925. The van der Waals surface area contributed by atoms with Crippen LogP contribution in [0.5, 0.6) is 0 Å². The van der Waals surface area contributed by atoms with Gasteiger partial charge in [-0.05, 0) is 13.0 Å². The fourth-order valence-electron chi connectivity index (χ4n) is 2.10. The van der Waals surface area contributed by atoms with Crippen LogP contribution in [0.4, 0.5) is 0 Å². The molecule has 0 fully saturated rings. The maximum atomic E-state index is 11.3. The summed E-state index contributed by atoms with van der Waals surface area (Å²) in [5.74, 6) is 0.00925. The normalized spacial score (nSPS) is 11.0. The summed E-state index contributed by atoms with van der Waals surface area (Å²) >= 11 is 1.51. The van der Waals surface area contributed by atoms with Crippen molar-refractivity contribution in [3.63, 3.8) is 0 Å². The lowest BCUT2D eigenvalue weighted by Gasteiger charge is -1.95. The summed E-state index contributed by atoms with van der Waals surface area (Å²) < 4.78 is 0. The molecule has 3 rings (SSSR count). The summed E-state index contributed by atoms with van der Waals surface area (Å²) in [6.45, 7) is 3.57. The number of carbonyl (C=O) groups excluding carboxylic acids is 1. The second-order valence-electron chi connectivity index (χ2n) is 4.26. The molecule has 1 N–H and O–H groups in total. The van der Waals surface area contributed by atoms with Crippen LogP contribution < -0.4 is 0 Å². The summed E-state index contributed by atoms with van der Waals surface area (Å²) in [6.07, 6.45) is 0. The third-order valence-electron chi connectivity index (χ3n) is 2.97. The van der Waals surface area contributed by atoms with E-state index in [9.17, 15) is 4.79 Å². The lowest BCUT2D eigenvalue weighted by Crippen LogP contribution is -1.91. The zero-order chi connectivity index (χ0) is 12.7. The smallest absolute Gasteiger partial charge is 0.178 e. The molecule has 0 spiro atoms. The Morgan fingerprint density at radius 2 is 2.11 bits per heavy atom. The molecule has 0 amide bonds. The predicted molar refractivity (Wildman–Crippen MR) is 74.1 cm³/mol. The van der Waals surface area contributed by atoms with Gasteiger partial charge in [-0.15, -0.1) is 11.3 Å². The van der Waals surface area contributed by atoms with E-state index in [0.29, 0.717) is 5.69 Å². The highest BCUT2D eigenvalue weighted by Crippen LogP contribution is 2.33. The first kappa shape index (κ1) is 11.2. The van der Waals surface area contributed by atoms with E-state index >= 15 is 0 Å². The van der Waals surface area contributed by atoms with Gasteiger partial charge in [0.25, 0.3) is 0 Å². The van der Waals surface area contributed by atoms with Gasteiger partial charge in [0.2, 0.25) is 0 Å². The van der Waals surface area contributed by atoms with Crippen LogP contribution in [0.2, 0.25) is 0 Å². The number of aromatic amines is 1. The maximum Gasteiger partial charge on any atom is 0.178 e. The number of nitrogens with one attached hydrogen (secondary N) is 1. The standard InChI is InChI=1S/C14H12N2OS/c1-8-13(10-5-3-4-6-11(10)15-8)14-16-12(7-18-14)9(2)17/h3-7,15H,1-2H3. The number of hydrogen-bond acceptors (Lipinski definition) is 3. The number of nitrogens with zero attached hydrogens (tertiary/aromatic N) is 1. The molecule has 90 valence electrons. The molecule has 0 saturated heterocycles. The van der Waals surface area contributed by atoms with Gasteiger partial charge in [-0.25, -0.2) is 4.98 Å². The van der Waals surface area contributed by atoms with Crippen molar-refractivity contribution in [3.05, 3.63) is 41.0 Å². The molecule has 0 radical (unpaired) electrons. The van der Waals surface area contributed by atoms with E-state index in [1.807, 2.05) is 30.5 Å². The molecule has 0 aliphatic rings. The van der Waals surface area contributed by atoms with Crippen LogP contribution in [0, 0.1) is 6.92 Å². The third kappa shape index (κ3) is 1.66. The van der Waals surface area contributed by atoms with E-state index < -0.39 is 0 Å². The Labute approximate surface area is 108 Å². The molecule has 2 aromatic heterocycles. The van der Waals surface area contributed by atoms with E-state index in [2.05, 4.69) is 16.0 Å². The van der Waals surface area contributed by atoms with E-state index in [1.165, 1.54) is 11.3 Å². The van der Waals surface area contributed by atoms with Crippen molar-refractivity contribution in [2.75, 3.05) is 0 Å². The SMILES string of the molecule is CC(=O)c1csc(-c2c(C)[nH]c3ccccc23)n1. The molecule has 18 heavy (non-hydrogen) atoms. The fourth-order valence-corrected chi connectivity index (χ4v) is 3.08. The summed E-state index contributed by atoms with van der Waals surface area (Å²) in [6, 6.07) is 8.14. The number of benzene rings is 1. The zero-order valence-electron chi connectivity index (χ0n) is 10.2. The largest absolute Gasteiger partial charge is 0.358 e. The molecular weight excluding hydrogens is 244 g/mol. The van der Waals surface area contributed by atoms with Crippen molar-refractivity contribution in [2.24, 2.45) is 0 Å². The van der Waals surface area contributed by atoms with Crippen molar-refractivity contribution < 1.29 is 4.79 Å². The van der Waals surface area contributed by atoms with Crippen LogP contribution in [0.25, 0.3) is 21.5 Å². The maximum absolute atomic E-state index is 11.3. The van der Waals surface area contributed by atoms with Gasteiger partial charge < -0.3 is 4.98 Å². The number of hydrogen-bond donors (Lipinski definition) is 1. The summed E-state index contributed by atoms with van der Waals surface area (Å²) in [7, 11) is 0. The Morgan fingerprint density at radius 1 is 1.33 bits per heavy atom. The predicted octanol–water partition coefficient (Wildman–Crippen LogP) is 3.80. The molecule has 4 heteroatoms. The number of aryl methyl sites for hydroxylation is 1. The van der Waals surface area contributed by atoms with Gasteiger partial charge in [0.1, 0.15) is 10.7 Å². The van der Waals surface area contributed by atoms with Gasteiger partial charge in [0.05, 0.1) is 0 Å². The van der Waals surface area contributed by atoms with Crippen molar-refractivity contribution in [1.82, 2.24) is 9.97 Å². The molecule has 0 saturated carbocycles. The molecule has 2 heterocycles. The molecular formula is C14H12N2OS. The Bertz CT molecular complexity index is 739. The van der Waals surface area contributed by atoms with E-state index in [0.717, 1.165) is 27.2 Å². The molecule has 0 atom stereocenters. The van der Waals surface area contributed by atoms with Gasteiger partial charge in [0.15, 0.2) is 5.78 Å². The van der Waals surface area contributed by atoms with Gasteiger partial charge >= 0.3 is 0 Å². The second-order valence-corrected chi connectivity index (χ2v) is 5.12. The molecule has 3 nitrogen and oxygen atoms in total. The number of carbonyl (C=O) groups is 1. The van der Waals surface area contributed by atoms with Gasteiger partial charge in [-0.1, -0.05) is 18.2 Å². The van der Waals surface area contributed by atoms with Gasteiger partial charge in [-0.3, -0.25) is 4.79 Å².